The number of carbonyl (C=O) groups excluding carboxylic acids is 1. The highest BCUT2D eigenvalue weighted by molar-refractivity contribution is 7.89. The van der Waals surface area contributed by atoms with E-state index in [4.69, 9.17) is 14.2 Å². The first-order chi connectivity index (χ1) is 13.3. The number of fused-ring (bicyclic) bond motifs is 1. The third-order valence-corrected chi connectivity index (χ3v) is 5.58. The minimum atomic E-state index is -3.59. The van der Waals surface area contributed by atoms with E-state index < -0.39 is 10.0 Å². The Morgan fingerprint density at radius 3 is 2.43 bits per heavy atom. The first-order valence-corrected chi connectivity index (χ1v) is 10.2. The molecular formula is C19H22N2O6S. The van der Waals surface area contributed by atoms with Crippen molar-refractivity contribution in [1.29, 1.82) is 0 Å². The number of hydrogen-bond acceptors (Lipinski definition) is 6. The molecule has 0 aromatic heterocycles. The molecule has 2 aromatic carbocycles. The molecule has 3 rings (SSSR count). The third kappa shape index (κ3) is 4.37. The second kappa shape index (κ2) is 8.07. The first kappa shape index (κ1) is 20.0. The molecule has 0 fully saturated rings. The van der Waals surface area contributed by atoms with Gasteiger partial charge in [0.05, 0.1) is 12.0 Å². The van der Waals surface area contributed by atoms with Crippen LogP contribution in [0.1, 0.15) is 24.2 Å². The standard InChI is InChI=1S/C19H22N2O6S/c1-12(2)21-28(23,24)15-6-4-14(5-7-15)20-19(22)13-10-16(25-3)18-17(11-13)26-8-9-27-18/h4-7,10-12,21H,8-9H2,1-3H3,(H,20,22). The van der Waals surface area contributed by atoms with Gasteiger partial charge in [0.15, 0.2) is 11.5 Å². The zero-order chi connectivity index (χ0) is 20.3. The maximum Gasteiger partial charge on any atom is 0.255 e. The van der Waals surface area contributed by atoms with Gasteiger partial charge in [-0.3, -0.25) is 4.79 Å². The Morgan fingerprint density at radius 2 is 1.79 bits per heavy atom. The lowest BCUT2D eigenvalue weighted by Gasteiger charge is -2.21. The lowest BCUT2D eigenvalue weighted by molar-refractivity contribution is 0.102. The van der Waals surface area contributed by atoms with Crippen molar-refractivity contribution in [3.8, 4) is 17.2 Å². The smallest absolute Gasteiger partial charge is 0.255 e. The van der Waals surface area contributed by atoms with Gasteiger partial charge in [-0.15, -0.1) is 0 Å². The zero-order valence-electron chi connectivity index (χ0n) is 15.8. The van der Waals surface area contributed by atoms with Crippen LogP contribution in [-0.2, 0) is 10.0 Å². The maximum atomic E-state index is 12.6. The van der Waals surface area contributed by atoms with E-state index in [9.17, 15) is 13.2 Å². The Kier molecular flexibility index (Phi) is 5.76. The van der Waals surface area contributed by atoms with Crippen molar-refractivity contribution in [3.63, 3.8) is 0 Å². The minimum absolute atomic E-state index is 0.125. The predicted molar refractivity (Wildman–Crippen MR) is 104 cm³/mol. The van der Waals surface area contributed by atoms with Gasteiger partial charge in [0.1, 0.15) is 13.2 Å². The fraction of sp³-hybridized carbons (Fsp3) is 0.316. The Bertz CT molecular complexity index is 953. The van der Waals surface area contributed by atoms with E-state index in [1.807, 2.05) is 0 Å². The molecule has 8 nitrogen and oxygen atoms in total. The fourth-order valence-corrected chi connectivity index (χ4v) is 3.95. The summed E-state index contributed by atoms with van der Waals surface area (Å²) in [5.74, 6) is 0.934. The number of rotatable bonds is 6. The van der Waals surface area contributed by atoms with Crippen LogP contribution in [0.25, 0.3) is 0 Å². The molecule has 28 heavy (non-hydrogen) atoms. The van der Waals surface area contributed by atoms with Gasteiger partial charge in [-0.2, -0.15) is 0 Å². The highest BCUT2D eigenvalue weighted by Gasteiger charge is 2.21. The molecule has 1 aliphatic rings. The van der Waals surface area contributed by atoms with Crippen LogP contribution < -0.4 is 24.2 Å². The van der Waals surface area contributed by atoms with Crippen molar-refractivity contribution >= 4 is 21.6 Å². The van der Waals surface area contributed by atoms with E-state index in [0.29, 0.717) is 41.7 Å². The third-order valence-electron chi connectivity index (χ3n) is 3.90. The molecule has 0 aliphatic carbocycles. The Labute approximate surface area is 163 Å². The van der Waals surface area contributed by atoms with Gasteiger partial charge in [-0.05, 0) is 50.2 Å². The summed E-state index contributed by atoms with van der Waals surface area (Å²) >= 11 is 0. The van der Waals surface area contributed by atoms with Crippen LogP contribution in [0.2, 0.25) is 0 Å². The number of amides is 1. The normalized spacial score (nSPS) is 13.3. The van der Waals surface area contributed by atoms with Gasteiger partial charge in [0, 0.05) is 17.3 Å². The topological polar surface area (TPSA) is 103 Å². The van der Waals surface area contributed by atoms with Gasteiger partial charge in [0.2, 0.25) is 15.8 Å². The van der Waals surface area contributed by atoms with Gasteiger partial charge < -0.3 is 19.5 Å². The minimum Gasteiger partial charge on any atom is -0.493 e. The van der Waals surface area contributed by atoms with Crippen molar-refractivity contribution < 1.29 is 27.4 Å². The summed E-state index contributed by atoms with van der Waals surface area (Å²) in [6.07, 6.45) is 0. The number of benzene rings is 2. The average Bonchev–Trinajstić information content (AvgIpc) is 2.66. The molecule has 0 atom stereocenters. The van der Waals surface area contributed by atoms with Crippen molar-refractivity contribution in [1.82, 2.24) is 4.72 Å². The Morgan fingerprint density at radius 1 is 1.11 bits per heavy atom. The quantitative estimate of drug-likeness (QED) is 0.764. The fourth-order valence-electron chi connectivity index (χ4n) is 2.70. The number of hydrogen-bond donors (Lipinski definition) is 2. The molecule has 1 aliphatic heterocycles. The molecule has 0 bridgehead atoms. The largest absolute Gasteiger partial charge is 0.493 e. The predicted octanol–water partition coefficient (Wildman–Crippen LogP) is 2.41. The first-order valence-electron chi connectivity index (χ1n) is 8.71. The number of methoxy groups -OCH3 is 1. The Balaban J connectivity index is 1.78. The van der Waals surface area contributed by atoms with E-state index in [2.05, 4.69) is 10.0 Å². The van der Waals surface area contributed by atoms with E-state index in [1.165, 1.54) is 31.4 Å². The van der Waals surface area contributed by atoms with E-state index in [0.717, 1.165) is 0 Å². The van der Waals surface area contributed by atoms with Crippen LogP contribution in [0.4, 0.5) is 5.69 Å². The monoisotopic (exact) mass is 406 g/mol. The molecule has 0 saturated heterocycles. The molecule has 150 valence electrons. The molecule has 1 heterocycles. The number of carbonyl (C=O) groups is 1. The molecule has 0 spiro atoms. The summed E-state index contributed by atoms with van der Waals surface area (Å²) in [7, 11) is -2.10. The van der Waals surface area contributed by atoms with Crippen LogP contribution >= 0.6 is 0 Å². The number of ether oxygens (including phenoxy) is 3. The SMILES string of the molecule is COc1cc(C(=O)Nc2ccc(S(=O)(=O)NC(C)C)cc2)cc2c1OCCO2. The summed E-state index contributed by atoms with van der Waals surface area (Å²) in [4.78, 5) is 12.7. The lowest BCUT2D eigenvalue weighted by atomic mass is 10.1. The van der Waals surface area contributed by atoms with Crippen LogP contribution in [0.5, 0.6) is 17.2 Å². The molecule has 0 saturated carbocycles. The van der Waals surface area contributed by atoms with Crippen LogP contribution in [-0.4, -0.2) is 40.7 Å². The van der Waals surface area contributed by atoms with Gasteiger partial charge in [-0.25, -0.2) is 13.1 Å². The van der Waals surface area contributed by atoms with E-state index >= 15 is 0 Å². The van der Waals surface area contributed by atoms with Gasteiger partial charge >= 0.3 is 0 Å². The lowest BCUT2D eigenvalue weighted by Crippen LogP contribution is -2.30. The van der Waals surface area contributed by atoms with Crippen LogP contribution in [0, 0.1) is 0 Å². The molecule has 2 N–H and O–H groups in total. The van der Waals surface area contributed by atoms with Crippen LogP contribution in [0.15, 0.2) is 41.3 Å². The highest BCUT2D eigenvalue weighted by atomic mass is 32.2. The maximum absolute atomic E-state index is 12.6. The summed E-state index contributed by atoms with van der Waals surface area (Å²) in [6, 6.07) is 8.86. The molecule has 0 radical (unpaired) electrons. The van der Waals surface area contributed by atoms with E-state index in [-0.39, 0.29) is 16.8 Å². The number of sulfonamides is 1. The molecule has 0 unspecified atom stereocenters. The van der Waals surface area contributed by atoms with Crippen molar-refractivity contribution in [2.75, 3.05) is 25.6 Å². The number of anilines is 1. The summed E-state index contributed by atoms with van der Waals surface area (Å²) in [5, 5.41) is 2.73. The Hall–Kier alpha value is -2.78. The zero-order valence-corrected chi connectivity index (χ0v) is 16.6. The summed E-state index contributed by atoms with van der Waals surface area (Å²) in [5.41, 5.74) is 0.793. The molecular weight excluding hydrogens is 384 g/mol. The van der Waals surface area contributed by atoms with Crippen molar-refractivity contribution in [2.24, 2.45) is 0 Å². The van der Waals surface area contributed by atoms with Gasteiger partial charge in [0.25, 0.3) is 5.91 Å². The molecule has 9 heteroatoms. The molecule has 2 aromatic rings. The highest BCUT2D eigenvalue weighted by Crippen LogP contribution is 2.40. The van der Waals surface area contributed by atoms with Crippen molar-refractivity contribution in [3.05, 3.63) is 42.0 Å². The number of nitrogens with one attached hydrogen (secondary N) is 2. The van der Waals surface area contributed by atoms with Crippen LogP contribution in [0.3, 0.4) is 0 Å². The second-order valence-corrected chi connectivity index (χ2v) is 8.17. The summed E-state index contributed by atoms with van der Waals surface area (Å²) in [6.45, 7) is 4.29. The second-order valence-electron chi connectivity index (χ2n) is 6.46. The average molecular weight is 406 g/mol. The van der Waals surface area contributed by atoms with Gasteiger partial charge in [-0.1, -0.05) is 0 Å². The summed E-state index contributed by atoms with van der Waals surface area (Å²) < 4.78 is 43.2. The molecule has 1 amide bonds. The van der Waals surface area contributed by atoms with Crippen molar-refractivity contribution in [2.45, 2.75) is 24.8 Å². The van der Waals surface area contributed by atoms with E-state index in [1.54, 1.807) is 26.0 Å².